The van der Waals surface area contributed by atoms with Crippen molar-refractivity contribution in [3.8, 4) is 0 Å². The third-order valence-corrected chi connectivity index (χ3v) is 2.97. The second-order valence-electron chi connectivity index (χ2n) is 5.09. The Morgan fingerprint density at radius 3 is 2.75 bits per heavy atom. The molecule has 2 heterocycles. The highest BCUT2D eigenvalue weighted by molar-refractivity contribution is 5.49. The zero-order valence-corrected chi connectivity index (χ0v) is 12.6. The summed E-state index contributed by atoms with van der Waals surface area (Å²) in [5.74, 6) is 3.83. The van der Waals surface area contributed by atoms with Crippen LogP contribution in [0.4, 0.5) is 11.6 Å². The van der Waals surface area contributed by atoms with Crippen molar-refractivity contribution in [2.24, 2.45) is 0 Å². The molecule has 2 rings (SSSR count). The first-order chi connectivity index (χ1) is 9.60. The Morgan fingerprint density at radius 2 is 2.15 bits per heavy atom. The summed E-state index contributed by atoms with van der Waals surface area (Å²) in [7, 11) is 2.00. The molecule has 0 atom stereocenters. The van der Waals surface area contributed by atoms with E-state index in [2.05, 4.69) is 41.0 Å². The smallest absolute Gasteiger partial charge is 0.135 e. The molecule has 1 N–H and O–H groups in total. The number of anilines is 2. The van der Waals surface area contributed by atoms with Gasteiger partial charge in [0.05, 0.1) is 12.8 Å². The van der Waals surface area contributed by atoms with Crippen molar-refractivity contribution in [2.75, 3.05) is 23.8 Å². The van der Waals surface area contributed by atoms with Gasteiger partial charge in [-0.2, -0.15) is 0 Å². The molecule has 5 nitrogen and oxygen atoms in total. The van der Waals surface area contributed by atoms with Crippen molar-refractivity contribution in [3.63, 3.8) is 0 Å². The quantitative estimate of drug-likeness (QED) is 0.876. The van der Waals surface area contributed by atoms with E-state index >= 15 is 0 Å². The molecule has 0 bridgehead atoms. The van der Waals surface area contributed by atoms with Gasteiger partial charge in [-0.05, 0) is 19.1 Å². The van der Waals surface area contributed by atoms with Gasteiger partial charge >= 0.3 is 0 Å². The van der Waals surface area contributed by atoms with Gasteiger partial charge in [-0.15, -0.1) is 0 Å². The first-order valence-corrected chi connectivity index (χ1v) is 6.96. The van der Waals surface area contributed by atoms with Crippen LogP contribution < -0.4 is 10.2 Å². The average molecular weight is 274 g/mol. The van der Waals surface area contributed by atoms with Crippen LogP contribution in [0.15, 0.2) is 28.9 Å². The average Bonchev–Trinajstić information content (AvgIpc) is 2.91. The molecular formula is C15H22N4O. The molecule has 0 radical (unpaired) electrons. The number of hydrogen-bond donors (Lipinski definition) is 1. The first-order valence-electron chi connectivity index (χ1n) is 6.96. The molecule has 2 aromatic heterocycles. The lowest BCUT2D eigenvalue weighted by Gasteiger charge is -2.19. The predicted octanol–water partition coefficient (Wildman–Crippen LogP) is 3.26. The minimum absolute atomic E-state index is 0.296. The molecule has 5 heteroatoms. The van der Waals surface area contributed by atoms with E-state index in [1.165, 1.54) is 0 Å². The van der Waals surface area contributed by atoms with Crippen LogP contribution in [0.1, 0.15) is 38.3 Å². The van der Waals surface area contributed by atoms with Crippen LogP contribution >= 0.6 is 0 Å². The zero-order valence-electron chi connectivity index (χ0n) is 12.6. The highest BCUT2D eigenvalue weighted by atomic mass is 16.3. The highest BCUT2D eigenvalue weighted by Gasteiger charge is 2.12. The van der Waals surface area contributed by atoms with Gasteiger partial charge < -0.3 is 14.6 Å². The fourth-order valence-corrected chi connectivity index (χ4v) is 1.90. The fraction of sp³-hybridized carbons (Fsp3) is 0.467. The lowest BCUT2D eigenvalue weighted by Crippen LogP contribution is -2.19. The summed E-state index contributed by atoms with van der Waals surface area (Å²) in [6.45, 7) is 7.79. The normalized spacial score (nSPS) is 10.8. The summed E-state index contributed by atoms with van der Waals surface area (Å²) in [5, 5.41) is 3.26. The third kappa shape index (κ3) is 3.50. The summed E-state index contributed by atoms with van der Waals surface area (Å²) >= 11 is 0. The minimum atomic E-state index is 0.296. The molecule has 0 saturated carbocycles. The summed E-state index contributed by atoms with van der Waals surface area (Å²) in [4.78, 5) is 11.2. The maximum atomic E-state index is 5.38. The molecule has 0 aliphatic heterocycles. The van der Waals surface area contributed by atoms with E-state index in [9.17, 15) is 0 Å². The summed E-state index contributed by atoms with van der Waals surface area (Å²) in [6.07, 6.45) is 1.69. The van der Waals surface area contributed by atoms with Crippen LogP contribution in [0.3, 0.4) is 0 Å². The molecule has 0 spiro atoms. The Hall–Kier alpha value is -2.04. The lowest BCUT2D eigenvalue weighted by atomic mass is 10.2. The van der Waals surface area contributed by atoms with E-state index in [4.69, 9.17) is 4.42 Å². The van der Waals surface area contributed by atoms with Crippen LogP contribution in [-0.2, 0) is 6.54 Å². The molecule has 2 aromatic rings. The minimum Gasteiger partial charge on any atom is -0.467 e. The standard InChI is InChI=1S/C15H22N4O/c1-5-16-13-9-14(18-15(17-13)11(2)3)19(4)10-12-7-6-8-20-12/h6-9,11H,5,10H2,1-4H3,(H,16,17,18). The Kier molecular flexibility index (Phi) is 4.61. The van der Waals surface area contributed by atoms with Gasteiger partial charge in [0.1, 0.15) is 23.2 Å². The van der Waals surface area contributed by atoms with E-state index in [0.717, 1.165) is 29.8 Å². The van der Waals surface area contributed by atoms with Crippen molar-refractivity contribution >= 4 is 11.6 Å². The SMILES string of the molecule is CCNc1cc(N(C)Cc2ccco2)nc(C(C)C)n1. The molecule has 0 fully saturated rings. The van der Waals surface area contributed by atoms with E-state index in [1.807, 2.05) is 25.2 Å². The molecule has 0 unspecified atom stereocenters. The second-order valence-corrected chi connectivity index (χ2v) is 5.09. The maximum Gasteiger partial charge on any atom is 0.135 e. The summed E-state index contributed by atoms with van der Waals surface area (Å²) in [6, 6.07) is 5.83. The van der Waals surface area contributed by atoms with E-state index in [1.54, 1.807) is 6.26 Å². The number of nitrogens with zero attached hydrogens (tertiary/aromatic N) is 3. The van der Waals surface area contributed by atoms with Gasteiger partial charge in [0.15, 0.2) is 0 Å². The predicted molar refractivity (Wildman–Crippen MR) is 81.1 cm³/mol. The van der Waals surface area contributed by atoms with E-state index < -0.39 is 0 Å². The van der Waals surface area contributed by atoms with Crippen LogP contribution in [0, 0.1) is 0 Å². The Balaban J connectivity index is 2.24. The zero-order chi connectivity index (χ0) is 14.5. The van der Waals surface area contributed by atoms with Gasteiger partial charge in [0.25, 0.3) is 0 Å². The number of furan rings is 1. The van der Waals surface area contributed by atoms with Crippen molar-refractivity contribution in [2.45, 2.75) is 33.2 Å². The van der Waals surface area contributed by atoms with Crippen molar-refractivity contribution in [1.82, 2.24) is 9.97 Å². The maximum absolute atomic E-state index is 5.38. The van der Waals surface area contributed by atoms with Crippen molar-refractivity contribution in [3.05, 3.63) is 36.0 Å². The van der Waals surface area contributed by atoms with Crippen molar-refractivity contribution in [1.29, 1.82) is 0 Å². The second kappa shape index (κ2) is 6.41. The van der Waals surface area contributed by atoms with E-state index in [0.29, 0.717) is 12.5 Å². The first kappa shape index (κ1) is 14.4. The van der Waals surface area contributed by atoms with Crippen LogP contribution in [0.2, 0.25) is 0 Å². The molecule has 20 heavy (non-hydrogen) atoms. The van der Waals surface area contributed by atoms with Gasteiger partial charge in [0, 0.05) is 25.6 Å². The lowest BCUT2D eigenvalue weighted by molar-refractivity contribution is 0.506. The summed E-state index contributed by atoms with van der Waals surface area (Å²) < 4.78 is 5.38. The van der Waals surface area contributed by atoms with Gasteiger partial charge in [-0.1, -0.05) is 13.8 Å². The van der Waals surface area contributed by atoms with Gasteiger partial charge in [-0.25, -0.2) is 9.97 Å². The molecule has 0 saturated heterocycles. The van der Waals surface area contributed by atoms with Crippen LogP contribution in [-0.4, -0.2) is 23.6 Å². The van der Waals surface area contributed by atoms with E-state index in [-0.39, 0.29) is 0 Å². The Bertz CT molecular complexity index is 537. The monoisotopic (exact) mass is 274 g/mol. The largest absolute Gasteiger partial charge is 0.467 e. The van der Waals surface area contributed by atoms with Gasteiger partial charge in [-0.3, -0.25) is 0 Å². The van der Waals surface area contributed by atoms with Crippen LogP contribution in [0.5, 0.6) is 0 Å². The highest BCUT2D eigenvalue weighted by Crippen LogP contribution is 2.20. The summed E-state index contributed by atoms with van der Waals surface area (Å²) in [5.41, 5.74) is 0. The third-order valence-electron chi connectivity index (χ3n) is 2.97. The molecule has 0 aliphatic carbocycles. The van der Waals surface area contributed by atoms with Gasteiger partial charge in [0.2, 0.25) is 0 Å². The number of aromatic nitrogens is 2. The number of rotatable bonds is 6. The topological polar surface area (TPSA) is 54.2 Å². The Labute approximate surface area is 120 Å². The molecule has 0 amide bonds. The fourth-order valence-electron chi connectivity index (χ4n) is 1.90. The number of hydrogen-bond acceptors (Lipinski definition) is 5. The van der Waals surface area contributed by atoms with Crippen LogP contribution in [0.25, 0.3) is 0 Å². The molecule has 0 aliphatic rings. The number of nitrogens with one attached hydrogen (secondary N) is 1. The molecule has 0 aromatic carbocycles. The Morgan fingerprint density at radius 1 is 1.35 bits per heavy atom. The van der Waals surface area contributed by atoms with Crippen molar-refractivity contribution < 1.29 is 4.42 Å². The molecular weight excluding hydrogens is 252 g/mol. The molecule has 108 valence electrons.